The van der Waals surface area contributed by atoms with Crippen LogP contribution in [0.15, 0.2) is 73.3 Å². The number of allylic oxidation sites excluding steroid dienone is 1. The summed E-state index contributed by atoms with van der Waals surface area (Å²) in [5.74, 6) is -0.253. The fraction of sp³-hybridized carbons (Fsp3) is 0. The molecule has 0 saturated carbocycles. The van der Waals surface area contributed by atoms with Crippen molar-refractivity contribution >= 4 is 17.8 Å². The van der Waals surface area contributed by atoms with Crippen LogP contribution in [0.1, 0.15) is 15.9 Å². The summed E-state index contributed by atoms with van der Waals surface area (Å²) in [5, 5.41) is 0. The normalized spacial score (nSPS) is 10.3. The SMILES string of the molecule is C=CC(=O)c1ccc(OC(=O)C=Cc2ccccc2)cc1. The quantitative estimate of drug-likeness (QED) is 0.363. The number of ketones is 1. The molecular formula is C18H14O3. The lowest BCUT2D eigenvalue weighted by molar-refractivity contribution is -0.128. The number of rotatable bonds is 5. The maximum absolute atomic E-state index is 11.7. The van der Waals surface area contributed by atoms with Crippen LogP contribution in [-0.4, -0.2) is 11.8 Å². The standard InChI is InChI=1S/C18H14O3/c1-2-17(19)15-9-11-16(12-10-15)21-18(20)13-8-14-6-4-3-5-7-14/h2-13H,1H2. The van der Waals surface area contributed by atoms with Gasteiger partial charge in [-0.05, 0) is 42.0 Å². The molecule has 0 aromatic heterocycles. The number of hydrogen-bond donors (Lipinski definition) is 0. The Morgan fingerprint density at radius 1 is 0.952 bits per heavy atom. The molecule has 0 heterocycles. The minimum absolute atomic E-state index is 0.170. The number of esters is 1. The smallest absolute Gasteiger partial charge is 0.336 e. The van der Waals surface area contributed by atoms with Gasteiger partial charge >= 0.3 is 5.97 Å². The molecule has 0 atom stereocenters. The zero-order valence-corrected chi connectivity index (χ0v) is 11.4. The molecule has 0 aliphatic carbocycles. The molecule has 3 nitrogen and oxygen atoms in total. The number of carbonyl (C=O) groups is 2. The first-order chi connectivity index (χ1) is 10.2. The van der Waals surface area contributed by atoms with Crippen LogP contribution in [0.25, 0.3) is 6.08 Å². The van der Waals surface area contributed by atoms with E-state index in [1.807, 2.05) is 30.3 Å². The molecule has 2 rings (SSSR count). The van der Waals surface area contributed by atoms with Gasteiger partial charge in [0.1, 0.15) is 5.75 Å². The van der Waals surface area contributed by atoms with Crippen LogP contribution in [0, 0.1) is 0 Å². The van der Waals surface area contributed by atoms with E-state index in [0.29, 0.717) is 11.3 Å². The Morgan fingerprint density at radius 2 is 1.62 bits per heavy atom. The van der Waals surface area contributed by atoms with Crippen molar-refractivity contribution in [3.63, 3.8) is 0 Å². The average molecular weight is 278 g/mol. The van der Waals surface area contributed by atoms with Crippen molar-refractivity contribution in [2.24, 2.45) is 0 Å². The number of hydrogen-bond acceptors (Lipinski definition) is 3. The van der Waals surface area contributed by atoms with Crippen molar-refractivity contribution < 1.29 is 14.3 Å². The highest BCUT2D eigenvalue weighted by molar-refractivity contribution is 6.04. The van der Waals surface area contributed by atoms with Gasteiger partial charge in [-0.1, -0.05) is 36.9 Å². The van der Waals surface area contributed by atoms with Gasteiger partial charge < -0.3 is 4.74 Å². The highest BCUT2D eigenvalue weighted by atomic mass is 16.5. The summed E-state index contributed by atoms with van der Waals surface area (Å²) < 4.78 is 5.14. The maximum atomic E-state index is 11.7. The molecule has 0 spiro atoms. The largest absolute Gasteiger partial charge is 0.423 e. The highest BCUT2D eigenvalue weighted by Crippen LogP contribution is 2.13. The van der Waals surface area contributed by atoms with Crippen molar-refractivity contribution in [3.05, 3.63) is 84.5 Å². The molecule has 2 aromatic rings. The van der Waals surface area contributed by atoms with E-state index in [1.54, 1.807) is 30.3 Å². The van der Waals surface area contributed by atoms with Gasteiger partial charge in [0.25, 0.3) is 0 Å². The molecule has 0 bridgehead atoms. The number of ether oxygens (including phenoxy) is 1. The van der Waals surface area contributed by atoms with E-state index in [9.17, 15) is 9.59 Å². The summed E-state index contributed by atoms with van der Waals surface area (Å²) >= 11 is 0. The van der Waals surface area contributed by atoms with Gasteiger partial charge in [0.05, 0.1) is 0 Å². The van der Waals surface area contributed by atoms with Crippen molar-refractivity contribution in [1.82, 2.24) is 0 Å². The Kier molecular flexibility index (Phi) is 4.83. The van der Waals surface area contributed by atoms with Gasteiger partial charge in [-0.15, -0.1) is 0 Å². The molecule has 2 aromatic carbocycles. The molecule has 0 amide bonds. The minimum atomic E-state index is -0.471. The molecule has 104 valence electrons. The van der Waals surface area contributed by atoms with Crippen molar-refractivity contribution in [2.45, 2.75) is 0 Å². The highest BCUT2D eigenvalue weighted by Gasteiger charge is 2.03. The fourth-order valence-corrected chi connectivity index (χ4v) is 1.68. The lowest BCUT2D eigenvalue weighted by atomic mass is 10.1. The first-order valence-corrected chi connectivity index (χ1v) is 6.41. The van der Waals surface area contributed by atoms with Crippen LogP contribution in [0.4, 0.5) is 0 Å². The van der Waals surface area contributed by atoms with E-state index in [4.69, 9.17) is 4.74 Å². The molecule has 0 unspecified atom stereocenters. The number of benzene rings is 2. The third-order valence-corrected chi connectivity index (χ3v) is 2.75. The van der Waals surface area contributed by atoms with Crippen LogP contribution < -0.4 is 4.74 Å². The first kappa shape index (κ1) is 14.5. The zero-order valence-electron chi connectivity index (χ0n) is 11.4. The van der Waals surface area contributed by atoms with E-state index < -0.39 is 5.97 Å². The minimum Gasteiger partial charge on any atom is -0.423 e. The second-order valence-electron chi connectivity index (χ2n) is 4.26. The fourth-order valence-electron chi connectivity index (χ4n) is 1.68. The van der Waals surface area contributed by atoms with Crippen LogP contribution in [-0.2, 0) is 4.79 Å². The van der Waals surface area contributed by atoms with E-state index in [-0.39, 0.29) is 5.78 Å². The van der Waals surface area contributed by atoms with Crippen LogP contribution >= 0.6 is 0 Å². The van der Waals surface area contributed by atoms with Gasteiger partial charge in [0.2, 0.25) is 0 Å². The topological polar surface area (TPSA) is 43.4 Å². The lowest BCUT2D eigenvalue weighted by Crippen LogP contribution is -2.04. The van der Waals surface area contributed by atoms with Gasteiger partial charge in [-0.25, -0.2) is 4.79 Å². The second kappa shape index (κ2) is 7.01. The van der Waals surface area contributed by atoms with Crippen molar-refractivity contribution in [3.8, 4) is 5.75 Å². The van der Waals surface area contributed by atoms with Crippen LogP contribution in [0.5, 0.6) is 5.75 Å². The van der Waals surface area contributed by atoms with E-state index >= 15 is 0 Å². The summed E-state index contributed by atoms with van der Waals surface area (Å²) in [6.45, 7) is 3.42. The van der Waals surface area contributed by atoms with Gasteiger partial charge in [0, 0.05) is 11.6 Å². The van der Waals surface area contributed by atoms with Crippen molar-refractivity contribution in [1.29, 1.82) is 0 Å². The van der Waals surface area contributed by atoms with Gasteiger partial charge in [-0.2, -0.15) is 0 Å². The Morgan fingerprint density at radius 3 is 2.24 bits per heavy atom. The van der Waals surface area contributed by atoms with Crippen molar-refractivity contribution in [2.75, 3.05) is 0 Å². The molecule has 3 heteroatoms. The molecular weight excluding hydrogens is 264 g/mol. The Hall–Kier alpha value is -2.94. The molecule has 0 aliphatic heterocycles. The Labute approximate surface area is 123 Å². The third-order valence-electron chi connectivity index (χ3n) is 2.75. The molecule has 0 fully saturated rings. The van der Waals surface area contributed by atoms with E-state index in [0.717, 1.165) is 5.56 Å². The zero-order chi connectivity index (χ0) is 15.1. The van der Waals surface area contributed by atoms with Crippen LogP contribution in [0.2, 0.25) is 0 Å². The van der Waals surface area contributed by atoms with E-state index in [1.165, 1.54) is 12.2 Å². The van der Waals surface area contributed by atoms with Gasteiger partial charge in [0.15, 0.2) is 5.78 Å². The monoisotopic (exact) mass is 278 g/mol. The third kappa shape index (κ3) is 4.28. The molecule has 0 N–H and O–H groups in total. The molecule has 0 aliphatic rings. The van der Waals surface area contributed by atoms with Gasteiger partial charge in [-0.3, -0.25) is 4.79 Å². The lowest BCUT2D eigenvalue weighted by Gasteiger charge is -2.02. The predicted octanol–water partition coefficient (Wildman–Crippen LogP) is 3.67. The summed E-state index contributed by atoms with van der Waals surface area (Å²) in [5.41, 5.74) is 1.42. The molecule has 21 heavy (non-hydrogen) atoms. The second-order valence-corrected chi connectivity index (χ2v) is 4.26. The summed E-state index contributed by atoms with van der Waals surface area (Å²) in [6.07, 6.45) is 4.28. The van der Waals surface area contributed by atoms with Crippen LogP contribution in [0.3, 0.4) is 0 Å². The molecule has 0 saturated heterocycles. The predicted molar refractivity (Wildman–Crippen MR) is 82.1 cm³/mol. The molecule has 0 radical (unpaired) electrons. The summed E-state index contributed by atoms with van der Waals surface area (Å²) in [6, 6.07) is 15.8. The maximum Gasteiger partial charge on any atom is 0.336 e. The Balaban J connectivity index is 1.98. The number of carbonyl (C=O) groups excluding carboxylic acids is 2. The Bertz CT molecular complexity index is 667. The first-order valence-electron chi connectivity index (χ1n) is 6.41. The summed E-state index contributed by atoms with van der Waals surface area (Å²) in [7, 11) is 0. The van der Waals surface area contributed by atoms with E-state index in [2.05, 4.69) is 6.58 Å². The average Bonchev–Trinajstić information content (AvgIpc) is 2.54. The summed E-state index contributed by atoms with van der Waals surface area (Å²) in [4.78, 5) is 23.0.